The van der Waals surface area contributed by atoms with Gasteiger partial charge >= 0.3 is 0 Å². The third-order valence-corrected chi connectivity index (χ3v) is 1.06. The Morgan fingerprint density at radius 2 is 0.692 bits per heavy atom. The Hall–Kier alpha value is 0.623. The predicted molar refractivity (Wildman–Crippen MR) is 60.8 cm³/mol. The van der Waals surface area contributed by atoms with E-state index in [-0.39, 0.29) is 19.5 Å². The molecule has 0 rings (SSSR count). The van der Waals surface area contributed by atoms with Crippen molar-refractivity contribution in [2.75, 3.05) is 0 Å². The van der Waals surface area contributed by atoms with Crippen molar-refractivity contribution in [3.05, 3.63) is 20.8 Å². The molecule has 0 unspecified atom stereocenters. The van der Waals surface area contributed by atoms with Gasteiger partial charge in [0.2, 0.25) is 0 Å². The molecule has 0 aromatic heterocycles. The van der Waals surface area contributed by atoms with Crippen LogP contribution >= 0.6 is 0 Å². The standard InChI is InChI=1S/3C4H9.Zn/c3*1-3-4-2;/h3*1,3-4H2,2H3;/q3*-1;. The summed E-state index contributed by atoms with van der Waals surface area (Å²) in [6, 6.07) is 0. The van der Waals surface area contributed by atoms with Crippen molar-refractivity contribution in [1.29, 1.82) is 0 Å². The zero-order chi connectivity index (χ0) is 10.2. The van der Waals surface area contributed by atoms with Gasteiger partial charge in [-0.3, -0.25) is 0 Å². The molecule has 0 nitrogen and oxygen atoms in total. The van der Waals surface area contributed by atoms with Crippen LogP contribution in [0.4, 0.5) is 0 Å². The van der Waals surface area contributed by atoms with Gasteiger partial charge < -0.3 is 20.8 Å². The second-order valence-corrected chi connectivity index (χ2v) is 2.56. The molecule has 1 heteroatoms. The summed E-state index contributed by atoms with van der Waals surface area (Å²) in [6.07, 6.45) is 6.83. The van der Waals surface area contributed by atoms with Crippen LogP contribution < -0.4 is 0 Å². The SMILES string of the molecule is [CH2-]CCC.[CH2-]CCC.[CH2-]CCC.[Zn]. The van der Waals surface area contributed by atoms with Crippen LogP contribution in [0.25, 0.3) is 0 Å². The van der Waals surface area contributed by atoms with Gasteiger partial charge in [-0.2, -0.15) is 19.3 Å². The van der Waals surface area contributed by atoms with Crippen LogP contribution in [-0.4, -0.2) is 0 Å². The van der Waals surface area contributed by atoms with E-state index < -0.39 is 0 Å². The first-order valence-electron chi connectivity index (χ1n) is 5.12. The van der Waals surface area contributed by atoms with Crippen molar-refractivity contribution < 1.29 is 19.5 Å². The minimum atomic E-state index is 0. The van der Waals surface area contributed by atoms with Crippen LogP contribution in [0, 0.1) is 20.8 Å². The Kier molecular flexibility index (Phi) is 70.1. The van der Waals surface area contributed by atoms with Crippen LogP contribution in [0.2, 0.25) is 0 Å². The van der Waals surface area contributed by atoms with E-state index in [2.05, 4.69) is 41.5 Å². The van der Waals surface area contributed by atoms with Gasteiger partial charge in [0.25, 0.3) is 0 Å². The number of rotatable bonds is 3. The van der Waals surface area contributed by atoms with Crippen molar-refractivity contribution in [3.8, 4) is 0 Å². The molecule has 0 heterocycles. The summed E-state index contributed by atoms with van der Waals surface area (Å²) < 4.78 is 0. The second kappa shape index (κ2) is 38.9. The zero-order valence-corrected chi connectivity index (χ0v) is 13.0. The van der Waals surface area contributed by atoms with Crippen molar-refractivity contribution in [1.82, 2.24) is 0 Å². The van der Waals surface area contributed by atoms with E-state index >= 15 is 0 Å². The van der Waals surface area contributed by atoms with E-state index in [1.807, 2.05) is 0 Å². The fourth-order valence-corrected chi connectivity index (χ4v) is 0. The molecule has 0 fully saturated rings. The molecule has 0 amide bonds. The first kappa shape index (κ1) is 23.4. The summed E-state index contributed by atoms with van der Waals surface area (Å²) in [4.78, 5) is 0. The monoisotopic (exact) mass is 235 g/mol. The van der Waals surface area contributed by atoms with Crippen LogP contribution in [0.3, 0.4) is 0 Å². The summed E-state index contributed by atoms with van der Waals surface area (Å²) in [5.41, 5.74) is 0. The van der Waals surface area contributed by atoms with E-state index in [1.54, 1.807) is 0 Å². The summed E-state index contributed by atoms with van der Waals surface area (Å²) in [5.74, 6) is 0. The molecular weight excluding hydrogens is 210 g/mol. The molecule has 0 N–H and O–H groups in total. The zero-order valence-electron chi connectivity index (χ0n) is 10.1. The average Bonchev–Trinajstić information content (AvgIpc) is 2.18. The van der Waals surface area contributed by atoms with Gasteiger partial charge in [-0.15, -0.1) is 0 Å². The van der Waals surface area contributed by atoms with E-state index in [4.69, 9.17) is 0 Å². The van der Waals surface area contributed by atoms with Crippen molar-refractivity contribution in [2.24, 2.45) is 0 Å². The summed E-state index contributed by atoms with van der Waals surface area (Å²) in [7, 11) is 0. The van der Waals surface area contributed by atoms with Gasteiger partial charge in [-0.05, 0) is 0 Å². The quantitative estimate of drug-likeness (QED) is 0.485. The van der Waals surface area contributed by atoms with E-state index in [0.717, 1.165) is 19.3 Å². The Bertz CT molecular complexity index is 20.6. The van der Waals surface area contributed by atoms with Gasteiger partial charge in [-0.25, -0.2) is 0 Å². The average molecular weight is 237 g/mol. The fraction of sp³-hybridized carbons (Fsp3) is 0.750. The number of hydrogen-bond acceptors (Lipinski definition) is 0. The fourth-order valence-electron chi connectivity index (χ4n) is 0. The molecule has 0 aliphatic heterocycles. The minimum absolute atomic E-state index is 0. The summed E-state index contributed by atoms with van der Waals surface area (Å²) in [6.45, 7) is 17.2. The molecule has 0 aliphatic rings. The Morgan fingerprint density at radius 1 is 0.615 bits per heavy atom. The van der Waals surface area contributed by atoms with Crippen molar-refractivity contribution in [3.63, 3.8) is 0 Å². The molecule has 0 saturated heterocycles. The van der Waals surface area contributed by atoms with E-state index in [0.29, 0.717) is 0 Å². The molecule has 0 radical (unpaired) electrons. The van der Waals surface area contributed by atoms with Crippen LogP contribution in [0.15, 0.2) is 0 Å². The Labute approximate surface area is 99.6 Å². The second-order valence-electron chi connectivity index (χ2n) is 2.56. The normalized spacial score (nSPS) is 6.92. The van der Waals surface area contributed by atoms with Crippen LogP contribution in [0.1, 0.15) is 59.3 Å². The molecule has 0 aliphatic carbocycles. The Morgan fingerprint density at radius 3 is 0.692 bits per heavy atom. The maximum atomic E-state index is 3.60. The van der Waals surface area contributed by atoms with Crippen molar-refractivity contribution >= 4 is 0 Å². The molecule has 80 valence electrons. The first-order chi connectivity index (χ1) is 5.74. The third kappa shape index (κ3) is 109. The maximum Gasteiger partial charge on any atom is 0 e. The van der Waals surface area contributed by atoms with Crippen LogP contribution in [0.5, 0.6) is 0 Å². The first-order valence-corrected chi connectivity index (χ1v) is 5.12. The largest absolute Gasteiger partial charge is 0.343 e. The molecular formula is C12H27Zn-3. The molecule has 0 aromatic carbocycles. The van der Waals surface area contributed by atoms with Gasteiger partial charge in [0.1, 0.15) is 0 Å². The number of hydrogen-bond donors (Lipinski definition) is 0. The molecule has 13 heavy (non-hydrogen) atoms. The smallest absolute Gasteiger partial charge is 0 e. The maximum absolute atomic E-state index is 3.60. The van der Waals surface area contributed by atoms with Gasteiger partial charge in [0, 0.05) is 19.5 Å². The summed E-state index contributed by atoms with van der Waals surface area (Å²) in [5, 5.41) is 0. The van der Waals surface area contributed by atoms with Gasteiger partial charge in [0.05, 0.1) is 0 Å². The van der Waals surface area contributed by atoms with Gasteiger partial charge in [0.15, 0.2) is 0 Å². The molecule has 0 aromatic rings. The topological polar surface area (TPSA) is 0 Å². The molecule has 0 spiro atoms. The summed E-state index contributed by atoms with van der Waals surface area (Å²) >= 11 is 0. The minimum Gasteiger partial charge on any atom is -0.343 e. The molecule has 0 bridgehead atoms. The Balaban J connectivity index is -0.0000000450. The van der Waals surface area contributed by atoms with Crippen molar-refractivity contribution in [2.45, 2.75) is 59.3 Å². The third-order valence-electron chi connectivity index (χ3n) is 1.06. The van der Waals surface area contributed by atoms with E-state index in [9.17, 15) is 0 Å². The van der Waals surface area contributed by atoms with Gasteiger partial charge in [-0.1, -0.05) is 40.0 Å². The molecule has 0 atom stereocenters. The number of unbranched alkanes of at least 4 members (excludes halogenated alkanes) is 3. The molecule has 0 saturated carbocycles. The van der Waals surface area contributed by atoms with Crippen LogP contribution in [-0.2, 0) is 19.5 Å². The predicted octanol–water partition coefficient (Wildman–Crippen LogP) is 4.86. The van der Waals surface area contributed by atoms with E-state index in [1.165, 1.54) is 19.3 Å².